The first-order valence-corrected chi connectivity index (χ1v) is 7.49. The number of hydrogen-bond donors (Lipinski definition) is 2. The maximum Gasteiger partial charge on any atom is 0.123 e. The normalized spacial score (nSPS) is 20.9. The minimum absolute atomic E-state index is 0.161. The van der Waals surface area contributed by atoms with Crippen LogP contribution in [-0.2, 0) is 4.74 Å². The number of anilines is 1. The zero-order chi connectivity index (χ0) is 14.5. The summed E-state index contributed by atoms with van der Waals surface area (Å²) in [6.45, 7) is 6.44. The van der Waals surface area contributed by atoms with Crippen LogP contribution in [0.1, 0.15) is 44.8 Å². The molecule has 0 aliphatic carbocycles. The van der Waals surface area contributed by atoms with Crippen molar-refractivity contribution in [1.82, 2.24) is 0 Å². The zero-order valence-electron chi connectivity index (χ0n) is 12.4. The van der Waals surface area contributed by atoms with E-state index >= 15 is 0 Å². The fraction of sp³-hybridized carbons (Fsp3) is 0.625. The average molecular weight is 279 g/mol. The number of aliphatic hydroxyl groups excluding tert-OH is 1. The van der Waals surface area contributed by atoms with Crippen molar-refractivity contribution in [2.45, 2.75) is 45.3 Å². The van der Waals surface area contributed by atoms with Gasteiger partial charge in [-0.1, -0.05) is 13.0 Å². The lowest BCUT2D eigenvalue weighted by molar-refractivity contribution is 0.0440. The van der Waals surface area contributed by atoms with Gasteiger partial charge in [0.15, 0.2) is 0 Å². The number of hydrogen-bond acceptors (Lipinski definition) is 4. The highest BCUT2D eigenvalue weighted by Gasteiger charge is 2.21. The monoisotopic (exact) mass is 279 g/mol. The van der Waals surface area contributed by atoms with Gasteiger partial charge in [0.2, 0.25) is 0 Å². The van der Waals surface area contributed by atoms with Crippen LogP contribution < -0.4 is 4.90 Å². The maximum absolute atomic E-state index is 9.98. The molecule has 1 saturated heterocycles. The molecule has 0 amide bonds. The first-order chi connectivity index (χ1) is 9.61. The molecule has 0 spiro atoms. The molecule has 2 atom stereocenters. The summed E-state index contributed by atoms with van der Waals surface area (Å²) in [6, 6.07) is 5.50. The van der Waals surface area contributed by atoms with Gasteiger partial charge in [0.25, 0.3) is 0 Å². The van der Waals surface area contributed by atoms with E-state index in [4.69, 9.17) is 4.74 Å². The van der Waals surface area contributed by atoms with Crippen LogP contribution in [0.2, 0.25) is 0 Å². The van der Waals surface area contributed by atoms with E-state index in [9.17, 15) is 10.2 Å². The Bertz CT molecular complexity index is 434. The second-order valence-corrected chi connectivity index (χ2v) is 5.50. The predicted octanol–water partition coefficient (Wildman–Crippen LogP) is 2.84. The molecule has 2 unspecified atom stereocenters. The second kappa shape index (κ2) is 6.95. The number of aromatic hydroxyl groups is 1. The van der Waals surface area contributed by atoms with E-state index in [1.807, 2.05) is 6.07 Å². The van der Waals surface area contributed by atoms with Gasteiger partial charge in [-0.15, -0.1) is 0 Å². The minimum Gasteiger partial charge on any atom is -0.507 e. The molecule has 0 bridgehead atoms. The Morgan fingerprint density at radius 1 is 1.45 bits per heavy atom. The topological polar surface area (TPSA) is 52.9 Å². The average Bonchev–Trinajstić information content (AvgIpc) is 2.45. The molecule has 112 valence electrons. The Morgan fingerprint density at radius 2 is 2.25 bits per heavy atom. The van der Waals surface area contributed by atoms with Crippen molar-refractivity contribution in [1.29, 1.82) is 0 Å². The molecule has 1 aromatic carbocycles. The molecule has 1 aliphatic rings. The molecule has 1 fully saturated rings. The molecule has 2 N–H and O–H groups in total. The van der Waals surface area contributed by atoms with Crippen molar-refractivity contribution in [2.75, 3.05) is 24.6 Å². The molecule has 4 nitrogen and oxygen atoms in total. The highest BCUT2D eigenvalue weighted by atomic mass is 16.5. The van der Waals surface area contributed by atoms with Crippen LogP contribution in [0.5, 0.6) is 5.75 Å². The third-order valence-electron chi connectivity index (χ3n) is 3.77. The van der Waals surface area contributed by atoms with Crippen LogP contribution in [0.25, 0.3) is 0 Å². The Kier molecular flexibility index (Phi) is 5.26. The molecular formula is C16H25NO3. The summed E-state index contributed by atoms with van der Waals surface area (Å²) in [5.74, 6) is 0.161. The maximum atomic E-state index is 9.98. The SMILES string of the molecule is CCCOC1CCCN(c2ccc(C(C)O)c(O)c2)C1. The van der Waals surface area contributed by atoms with E-state index in [-0.39, 0.29) is 11.9 Å². The number of piperidine rings is 1. The number of nitrogens with zero attached hydrogens (tertiary/aromatic N) is 1. The quantitative estimate of drug-likeness (QED) is 0.870. The van der Waals surface area contributed by atoms with Gasteiger partial charge in [-0.05, 0) is 32.3 Å². The molecule has 0 radical (unpaired) electrons. The Hall–Kier alpha value is -1.26. The summed E-state index contributed by atoms with van der Waals surface area (Å²) in [6.07, 6.45) is 2.88. The first-order valence-electron chi connectivity index (χ1n) is 7.49. The number of phenols is 1. The third kappa shape index (κ3) is 3.64. The van der Waals surface area contributed by atoms with Gasteiger partial charge in [-0.2, -0.15) is 0 Å². The number of phenolic OH excluding ortho intramolecular Hbond substituents is 1. The van der Waals surface area contributed by atoms with Gasteiger partial charge < -0.3 is 19.8 Å². The lowest BCUT2D eigenvalue weighted by Gasteiger charge is -2.34. The summed E-state index contributed by atoms with van der Waals surface area (Å²) in [5.41, 5.74) is 1.57. The lowest BCUT2D eigenvalue weighted by atomic mass is 10.0. The lowest BCUT2D eigenvalue weighted by Crippen LogP contribution is -2.39. The van der Waals surface area contributed by atoms with Crippen molar-refractivity contribution in [2.24, 2.45) is 0 Å². The van der Waals surface area contributed by atoms with Crippen molar-refractivity contribution < 1.29 is 14.9 Å². The van der Waals surface area contributed by atoms with E-state index in [1.54, 1.807) is 19.1 Å². The number of benzene rings is 1. The fourth-order valence-corrected chi connectivity index (χ4v) is 2.68. The highest BCUT2D eigenvalue weighted by molar-refractivity contribution is 5.54. The molecule has 4 heteroatoms. The molecule has 0 aromatic heterocycles. The molecule has 2 rings (SSSR count). The van der Waals surface area contributed by atoms with Gasteiger partial charge in [0.1, 0.15) is 5.75 Å². The van der Waals surface area contributed by atoms with Gasteiger partial charge in [-0.3, -0.25) is 0 Å². The molecule has 1 aliphatic heterocycles. The smallest absolute Gasteiger partial charge is 0.123 e. The molecule has 1 aromatic rings. The standard InChI is InChI=1S/C16H25NO3/c1-3-9-20-14-5-4-8-17(11-14)13-6-7-15(12(2)18)16(19)10-13/h6-7,10,12,14,18-19H,3-5,8-9,11H2,1-2H3. The van der Waals surface area contributed by atoms with Crippen LogP contribution in [0.4, 0.5) is 5.69 Å². The van der Waals surface area contributed by atoms with Crippen LogP contribution in [0.3, 0.4) is 0 Å². The Labute approximate surface area is 121 Å². The second-order valence-electron chi connectivity index (χ2n) is 5.50. The summed E-state index contributed by atoms with van der Waals surface area (Å²) in [4.78, 5) is 2.25. The molecule has 20 heavy (non-hydrogen) atoms. The van der Waals surface area contributed by atoms with Crippen molar-refractivity contribution in [3.05, 3.63) is 23.8 Å². The van der Waals surface area contributed by atoms with Crippen molar-refractivity contribution >= 4 is 5.69 Å². The van der Waals surface area contributed by atoms with Crippen LogP contribution in [0.15, 0.2) is 18.2 Å². The Morgan fingerprint density at radius 3 is 2.90 bits per heavy atom. The zero-order valence-corrected chi connectivity index (χ0v) is 12.4. The van der Waals surface area contributed by atoms with Crippen molar-refractivity contribution in [3.63, 3.8) is 0 Å². The molecule has 1 heterocycles. The summed E-state index contributed by atoms with van der Waals surface area (Å²) >= 11 is 0. The number of aliphatic hydroxyl groups is 1. The van der Waals surface area contributed by atoms with Gasteiger partial charge in [-0.25, -0.2) is 0 Å². The van der Waals surface area contributed by atoms with Gasteiger partial charge >= 0.3 is 0 Å². The van der Waals surface area contributed by atoms with E-state index in [0.29, 0.717) is 5.56 Å². The van der Waals surface area contributed by atoms with Crippen LogP contribution >= 0.6 is 0 Å². The summed E-state index contributed by atoms with van der Waals surface area (Å²) in [5, 5.41) is 19.5. The van der Waals surface area contributed by atoms with Gasteiger partial charge in [0.05, 0.1) is 12.2 Å². The highest BCUT2D eigenvalue weighted by Crippen LogP contribution is 2.30. The minimum atomic E-state index is -0.647. The fourth-order valence-electron chi connectivity index (χ4n) is 2.68. The van der Waals surface area contributed by atoms with Crippen molar-refractivity contribution in [3.8, 4) is 5.75 Å². The largest absolute Gasteiger partial charge is 0.507 e. The Balaban J connectivity index is 2.05. The third-order valence-corrected chi connectivity index (χ3v) is 3.77. The van der Waals surface area contributed by atoms with Gasteiger partial charge in [0, 0.05) is 37.0 Å². The number of rotatable bonds is 5. The van der Waals surface area contributed by atoms with E-state index in [1.165, 1.54) is 0 Å². The summed E-state index contributed by atoms with van der Waals surface area (Å²) < 4.78 is 5.83. The van der Waals surface area contributed by atoms with Crippen LogP contribution in [-0.4, -0.2) is 36.0 Å². The van der Waals surface area contributed by atoms with E-state index < -0.39 is 6.10 Å². The number of ether oxygens (including phenoxy) is 1. The predicted molar refractivity (Wildman–Crippen MR) is 80.2 cm³/mol. The summed E-state index contributed by atoms with van der Waals surface area (Å²) in [7, 11) is 0. The first kappa shape index (κ1) is 15.1. The van der Waals surface area contributed by atoms with E-state index in [0.717, 1.165) is 44.6 Å². The van der Waals surface area contributed by atoms with Crippen LogP contribution in [0, 0.1) is 0 Å². The molecular weight excluding hydrogens is 254 g/mol. The van der Waals surface area contributed by atoms with E-state index in [2.05, 4.69) is 11.8 Å². The molecule has 0 saturated carbocycles.